The van der Waals surface area contributed by atoms with Crippen LogP contribution in [0.4, 0.5) is 10.5 Å². The number of epoxide rings is 1. The van der Waals surface area contributed by atoms with Gasteiger partial charge in [0.1, 0.15) is 35.6 Å². The molecule has 4 amide bonds. The first-order chi connectivity index (χ1) is 31.8. The van der Waals surface area contributed by atoms with Crippen molar-refractivity contribution < 1.29 is 67.0 Å². The zero-order valence-electron chi connectivity index (χ0n) is 41.3. The molecule has 2 saturated heterocycles. The summed E-state index contributed by atoms with van der Waals surface area (Å²) >= 11 is 6.80. The summed E-state index contributed by atoms with van der Waals surface area (Å²) in [5, 5.41) is 17.3. The van der Waals surface area contributed by atoms with Crippen molar-refractivity contribution in [3.8, 4) is 0 Å². The molecule has 0 aromatic heterocycles. The molecule has 0 saturated carbocycles. The number of nitrogens with one attached hydrogen (secondary N) is 2. The molecular weight excluding hydrogens is 906 g/mol. The second kappa shape index (κ2) is 24.3. The quantitative estimate of drug-likeness (QED) is 0.0751. The van der Waals surface area contributed by atoms with Crippen LogP contribution in [0.5, 0.6) is 0 Å². The van der Waals surface area contributed by atoms with Gasteiger partial charge in [0, 0.05) is 46.5 Å². The first-order valence-electron chi connectivity index (χ1n) is 23.0. The molecule has 19 nitrogen and oxygen atoms in total. The average molecular weight is 979 g/mol. The molecule has 4 rings (SSSR count). The molecule has 1 aromatic rings. The highest BCUT2D eigenvalue weighted by atomic mass is 35.5. The van der Waals surface area contributed by atoms with Gasteiger partial charge >= 0.3 is 18.0 Å². The van der Waals surface area contributed by atoms with Crippen LogP contribution < -0.4 is 21.3 Å². The Balaban J connectivity index is 1.37. The monoisotopic (exact) mass is 977 g/mol. The molecule has 0 aliphatic carbocycles. The van der Waals surface area contributed by atoms with Crippen molar-refractivity contribution in [3.05, 3.63) is 52.1 Å². The van der Waals surface area contributed by atoms with Crippen molar-refractivity contribution in [2.75, 3.05) is 59.1 Å². The van der Waals surface area contributed by atoms with Gasteiger partial charge in [0.2, 0.25) is 17.7 Å². The number of ether oxygens (including phenoxy) is 7. The van der Waals surface area contributed by atoms with E-state index in [1.165, 1.54) is 30.9 Å². The summed E-state index contributed by atoms with van der Waals surface area (Å²) in [6.45, 7) is 14.8. The highest BCUT2D eigenvalue weighted by Crippen LogP contribution is 2.49. The van der Waals surface area contributed by atoms with Crippen LogP contribution in [0.2, 0.25) is 5.02 Å². The number of nitrogens with zero attached hydrogens (tertiary/aromatic N) is 2. The lowest BCUT2D eigenvalue weighted by Crippen LogP contribution is -2.63. The molecule has 380 valence electrons. The molecular formula is C48H72ClN5O14. The predicted octanol–water partition coefficient (Wildman–Crippen LogP) is 3.80. The van der Waals surface area contributed by atoms with Gasteiger partial charge in [-0.25, -0.2) is 9.59 Å². The number of esters is 2. The van der Waals surface area contributed by atoms with Crippen LogP contribution in [0.3, 0.4) is 0 Å². The van der Waals surface area contributed by atoms with Crippen LogP contribution in [0, 0.1) is 12.8 Å². The topological polar surface area (TPSA) is 247 Å². The fraction of sp³-hybridized carbons (Fsp3) is 0.667. The molecule has 2 fully saturated rings. The molecule has 1 aromatic carbocycles. The molecule has 2 unspecified atom stereocenters. The van der Waals surface area contributed by atoms with Gasteiger partial charge in [-0.1, -0.05) is 48.4 Å². The molecule has 5 N–H and O–H groups in total. The summed E-state index contributed by atoms with van der Waals surface area (Å²) in [4.78, 5) is 81.2. The van der Waals surface area contributed by atoms with Crippen molar-refractivity contribution in [1.29, 1.82) is 0 Å². The molecule has 3 heterocycles. The number of fused-ring (bicyclic) bond motifs is 5. The number of benzene rings is 1. The molecule has 3 aliphatic rings. The first-order valence-corrected chi connectivity index (χ1v) is 23.4. The van der Waals surface area contributed by atoms with E-state index in [9.17, 15) is 33.9 Å². The number of allylic oxidation sites excluding steroid dienone is 3. The third kappa shape index (κ3) is 15.4. The van der Waals surface area contributed by atoms with Gasteiger partial charge in [-0.15, -0.1) is 0 Å². The lowest BCUT2D eigenvalue weighted by atomic mass is 9.83. The average Bonchev–Trinajstić information content (AvgIpc) is 3.96. The van der Waals surface area contributed by atoms with Crippen LogP contribution in [0.1, 0.15) is 91.7 Å². The van der Waals surface area contributed by atoms with Crippen LogP contribution in [0.15, 0.2) is 35.9 Å². The molecule has 3 aliphatic heterocycles. The maximum absolute atomic E-state index is 14.2. The summed E-state index contributed by atoms with van der Waals surface area (Å²) in [5.74, 6) is -3.03. The first kappa shape index (κ1) is 56.0. The number of amides is 4. The van der Waals surface area contributed by atoms with E-state index in [4.69, 9.17) is 50.5 Å². The van der Waals surface area contributed by atoms with Gasteiger partial charge in [-0.2, -0.15) is 0 Å². The zero-order valence-corrected chi connectivity index (χ0v) is 42.1. The largest absolute Gasteiger partial charge is 0.460 e. The summed E-state index contributed by atoms with van der Waals surface area (Å²) < 4.78 is 40.0. The van der Waals surface area contributed by atoms with Gasteiger partial charge in [-0.3, -0.25) is 24.5 Å². The van der Waals surface area contributed by atoms with E-state index in [1.54, 1.807) is 53.8 Å². The third-order valence-electron chi connectivity index (χ3n) is 12.3. The van der Waals surface area contributed by atoms with E-state index in [0.717, 1.165) is 16.7 Å². The Morgan fingerprint density at radius 2 is 1.78 bits per heavy atom. The van der Waals surface area contributed by atoms with Gasteiger partial charge < -0.3 is 59.1 Å². The minimum Gasteiger partial charge on any atom is -0.460 e. The normalized spacial score (nSPS) is 27.5. The van der Waals surface area contributed by atoms with Crippen molar-refractivity contribution >= 4 is 53.0 Å². The van der Waals surface area contributed by atoms with E-state index in [1.807, 2.05) is 32.1 Å². The summed E-state index contributed by atoms with van der Waals surface area (Å²) in [6.07, 6.45) is 0.908. The van der Waals surface area contributed by atoms with E-state index in [2.05, 4.69) is 10.6 Å². The van der Waals surface area contributed by atoms with Gasteiger partial charge in [0.15, 0.2) is 5.72 Å². The highest BCUT2D eigenvalue weighted by Gasteiger charge is 2.64. The Morgan fingerprint density at radius 1 is 1.10 bits per heavy atom. The maximum Gasteiger partial charge on any atom is 0.409 e. The number of aryl methyl sites for hydroxylation is 1. The number of methoxy groups -OCH3 is 1. The highest BCUT2D eigenvalue weighted by molar-refractivity contribution is 6.34. The summed E-state index contributed by atoms with van der Waals surface area (Å²) in [5.41, 5.74) is 5.21. The lowest BCUT2D eigenvalue weighted by Gasteiger charge is -2.42. The lowest BCUT2D eigenvalue weighted by molar-refractivity contribution is -0.162. The van der Waals surface area contributed by atoms with E-state index in [0.29, 0.717) is 17.1 Å². The smallest absolute Gasteiger partial charge is 0.409 e. The van der Waals surface area contributed by atoms with Crippen LogP contribution in [-0.4, -0.2) is 153 Å². The molecule has 9 atom stereocenters. The number of aliphatic hydroxyl groups is 1. The van der Waals surface area contributed by atoms with Crippen LogP contribution >= 0.6 is 11.6 Å². The number of carbonyl (C=O) groups is 6. The Hall–Kier alpha value is -4.63. The van der Waals surface area contributed by atoms with E-state index in [-0.39, 0.29) is 65.1 Å². The van der Waals surface area contributed by atoms with Gasteiger partial charge in [0.25, 0.3) is 0 Å². The van der Waals surface area contributed by atoms with E-state index < -0.39 is 95.1 Å². The number of hydrogen-bond donors (Lipinski definition) is 4. The number of anilines is 1. The van der Waals surface area contributed by atoms with Crippen molar-refractivity contribution in [1.82, 2.24) is 15.5 Å². The van der Waals surface area contributed by atoms with E-state index >= 15 is 0 Å². The van der Waals surface area contributed by atoms with Gasteiger partial charge in [-0.05, 0) is 78.5 Å². The number of halogens is 1. The fourth-order valence-corrected chi connectivity index (χ4v) is 8.32. The maximum atomic E-state index is 14.2. The summed E-state index contributed by atoms with van der Waals surface area (Å²) in [7, 11) is 4.48. The molecule has 4 bridgehead atoms. The Kier molecular flexibility index (Phi) is 20.0. The fourth-order valence-electron chi connectivity index (χ4n) is 8.09. The number of carbonyl (C=O) groups excluding carboxylic acids is 6. The van der Waals surface area contributed by atoms with Crippen LogP contribution in [-0.2, 0) is 63.6 Å². The number of alkyl carbamates (subject to hydrolysis) is 1. The Labute approximate surface area is 404 Å². The zero-order chi connectivity index (χ0) is 50.7. The molecule has 20 heteroatoms. The SMILES string of the molecule is CO[C@@H]1/C=C/C=C(\C)Cc2cc(C)c(Cl)c(c2)N(C)C(=O)C[C@H](OC(=O)[C@H](C)N(C)C(=O)CCOCCOCCNC(=O)[C@@H](N)CCC(=O)OC(C)(C)C)C2(C)OC2[C@H](C)[C@@H]2C[C@@]1(O)NC(=O)O2. The van der Waals surface area contributed by atoms with Gasteiger partial charge in [0.05, 0.1) is 62.1 Å². The Bertz CT molecular complexity index is 2040. The van der Waals surface area contributed by atoms with Crippen molar-refractivity contribution in [2.45, 2.75) is 147 Å². The minimum absolute atomic E-state index is 0.0190. The second-order valence-corrected chi connectivity index (χ2v) is 19.4. The number of nitrogens with two attached hydrogens (primary N) is 1. The Morgan fingerprint density at radius 3 is 2.44 bits per heavy atom. The molecule has 0 spiro atoms. The molecule has 68 heavy (non-hydrogen) atoms. The second-order valence-electron chi connectivity index (χ2n) is 19.0. The summed E-state index contributed by atoms with van der Waals surface area (Å²) in [6, 6.07) is 1.81. The van der Waals surface area contributed by atoms with Crippen molar-refractivity contribution in [2.24, 2.45) is 11.7 Å². The predicted molar refractivity (Wildman–Crippen MR) is 251 cm³/mol. The standard InChI is InChI=1S/C48H72ClN5O14/c1-28-13-12-14-36(62-11)48(61)27-35(65-45(60)52-48)30(3)42-47(8,68-42)37(26-39(56)54(10)34-25-32(23-28)24-29(2)41(34)49)66-44(59)31(4)53(9)38(55)17-19-63-21-22-64-20-18-51-43(58)33(50)15-16-40(57)67-46(5,6)7/h12-14,24-25,30-31,33,35-37,42,61H,15-23,26-27,50H2,1-11H3,(H,51,58)(H,52,60)/b14-12+,28-13+/t30-,31+,33+,35+,36-,37+,42?,47?,48+/m1/s1. The minimum atomic E-state index is -1.85. The number of rotatable bonds is 17. The van der Waals surface area contributed by atoms with Crippen molar-refractivity contribution in [3.63, 3.8) is 0 Å². The number of hydrogen-bond acceptors (Lipinski definition) is 15. The third-order valence-corrected chi connectivity index (χ3v) is 12.8. The van der Waals surface area contributed by atoms with Crippen LogP contribution in [0.25, 0.3) is 0 Å². The number of likely N-dealkylation sites (N-methyl/N-ethyl adjacent to an activating group) is 1. The molecule has 0 radical (unpaired) electrons.